The van der Waals surface area contributed by atoms with Crippen LogP contribution in [0.1, 0.15) is 53.7 Å². The molecule has 1 aromatic carbocycles. The number of carboxylic acids is 1. The number of aliphatic carboxylic acids is 1. The third kappa shape index (κ3) is 2.23. The highest BCUT2D eigenvalue weighted by molar-refractivity contribution is 5.94. The van der Waals surface area contributed by atoms with Crippen LogP contribution in [-0.2, 0) is 16.1 Å². The number of benzene rings is 1. The molecule has 4 heteroatoms. The summed E-state index contributed by atoms with van der Waals surface area (Å²) < 4.78 is 5.00. The first-order valence-electron chi connectivity index (χ1n) is 6.25. The molecule has 0 radical (unpaired) electrons. The van der Waals surface area contributed by atoms with Gasteiger partial charge in [-0.15, -0.1) is 0 Å². The summed E-state index contributed by atoms with van der Waals surface area (Å²) in [5.74, 6) is -1.78. The lowest BCUT2D eigenvalue weighted by molar-refractivity contribution is -0.141. The Balaban J connectivity index is 2.58. The van der Waals surface area contributed by atoms with Crippen LogP contribution in [-0.4, -0.2) is 17.0 Å². The van der Waals surface area contributed by atoms with Crippen LogP contribution in [0, 0.1) is 12.3 Å². The molecule has 4 nitrogen and oxygen atoms in total. The monoisotopic (exact) mass is 262 g/mol. The third-order valence-corrected chi connectivity index (χ3v) is 3.63. The van der Waals surface area contributed by atoms with Crippen molar-refractivity contribution in [1.82, 2.24) is 0 Å². The average molecular weight is 262 g/mol. The van der Waals surface area contributed by atoms with Crippen molar-refractivity contribution >= 4 is 11.9 Å². The summed E-state index contributed by atoms with van der Waals surface area (Å²) in [4.78, 5) is 23.1. The van der Waals surface area contributed by atoms with Gasteiger partial charge >= 0.3 is 11.9 Å². The fourth-order valence-corrected chi connectivity index (χ4v) is 2.65. The maximum Gasteiger partial charge on any atom is 0.338 e. The first-order chi connectivity index (χ1) is 8.73. The molecular formula is C15H18O4. The number of hydrogen-bond donors (Lipinski definition) is 1. The molecule has 0 bridgehead atoms. The molecule has 1 unspecified atom stereocenters. The van der Waals surface area contributed by atoms with Crippen LogP contribution < -0.4 is 0 Å². The van der Waals surface area contributed by atoms with Gasteiger partial charge in [0.2, 0.25) is 0 Å². The van der Waals surface area contributed by atoms with Crippen molar-refractivity contribution in [3.8, 4) is 0 Å². The molecule has 0 spiro atoms. The molecule has 0 aromatic heterocycles. The van der Waals surface area contributed by atoms with Gasteiger partial charge in [-0.05, 0) is 29.5 Å². The molecule has 1 atom stereocenters. The van der Waals surface area contributed by atoms with Crippen LogP contribution >= 0.6 is 0 Å². The number of carbonyl (C=O) groups excluding carboxylic acids is 1. The topological polar surface area (TPSA) is 63.6 Å². The smallest absolute Gasteiger partial charge is 0.338 e. The quantitative estimate of drug-likeness (QED) is 0.832. The predicted molar refractivity (Wildman–Crippen MR) is 70.1 cm³/mol. The van der Waals surface area contributed by atoms with E-state index in [1.807, 2.05) is 27.7 Å². The van der Waals surface area contributed by atoms with Crippen LogP contribution in [0.15, 0.2) is 12.1 Å². The minimum Gasteiger partial charge on any atom is -0.481 e. The molecule has 0 saturated heterocycles. The van der Waals surface area contributed by atoms with E-state index in [2.05, 4.69) is 0 Å². The van der Waals surface area contributed by atoms with Crippen molar-refractivity contribution in [2.75, 3.05) is 0 Å². The van der Waals surface area contributed by atoms with E-state index in [1.54, 1.807) is 12.1 Å². The van der Waals surface area contributed by atoms with E-state index in [0.29, 0.717) is 5.56 Å². The Labute approximate surface area is 112 Å². The van der Waals surface area contributed by atoms with E-state index in [0.717, 1.165) is 16.7 Å². The molecular weight excluding hydrogens is 244 g/mol. The number of hydrogen-bond acceptors (Lipinski definition) is 3. The Bertz CT molecular complexity index is 552. The van der Waals surface area contributed by atoms with E-state index in [1.165, 1.54) is 0 Å². The second kappa shape index (κ2) is 4.37. The van der Waals surface area contributed by atoms with Crippen LogP contribution in [0.2, 0.25) is 0 Å². The van der Waals surface area contributed by atoms with Gasteiger partial charge in [-0.2, -0.15) is 0 Å². The molecule has 0 aliphatic carbocycles. The van der Waals surface area contributed by atoms with Gasteiger partial charge in [-0.1, -0.05) is 26.8 Å². The highest BCUT2D eigenvalue weighted by Crippen LogP contribution is 2.39. The molecule has 2 rings (SSSR count). The van der Waals surface area contributed by atoms with Crippen molar-refractivity contribution in [3.05, 3.63) is 34.4 Å². The Kier molecular flexibility index (Phi) is 3.12. The van der Waals surface area contributed by atoms with E-state index < -0.39 is 17.3 Å². The number of cyclic esters (lactones) is 1. The van der Waals surface area contributed by atoms with Gasteiger partial charge in [0.15, 0.2) is 0 Å². The average Bonchev–Trinajstić information content (AvgIpc) is 2.62. The molecule has 1 heterocycles. The SMILES string of the molecule is Cc1c(C(C(=O)O)C(C)(C)C)ccc2c1COC2=O. The van der Waals surface area contributed by atoms with Gasteiger partial charge in [-0.3, -0.25) is 4.79 Å². The molecule has 0 fully saturated rings. The zero-order valence-electron chi connectivity index (χ0n) is 11.6. The summed E-state index contributed by atoms with van der Waals surface area (Å²) in [6, 6.07) is 3.42. The van der Waals surface area contributed by atoms with Gasteiger partial charge in [0, 0.05) is 5.56 Å². The number of carboxylic acid groups (broad SMARTS) is 1. The van der Waals surface area contributed by atoms with Crippen molar-refractivity contribution in [2.24, 2.45) is 5.41 Å². The highest BCUT2D eigenvalue weighted by atomic mass is 16.5. The molecule has 19 heavy (non-hydrogen) atoms. The number of fused-ring (bicyclic) bond motifs is 1. The molecule has 1 aliphatic rings. The minimum atomic E-state index is -0.846. The van der Waals surface area contributed by atoms with Crippen LogP contribution in [0.4, 0.5) is 0 Å². The maximum absolute atomic E-state index is 11.6. The highest BCUT2D eigenvalue weighted by Gasteiger charge is 2.35. The Morgan fingerprint density at radius 1 is 1.37 bits per heavy atom. The third-order valence-electron chi connectivity index (χ3n) is 3.63. The van der Waals surface area contributed by atoms with Gasteiger partial charge in [0.25, 0.3) is 0 Å². The molecule has 0 amide bonds. The van der Waals surface area contributed by atoms with E-state index in [4.69, 9.17) is 4.74 Å². The summed E-state index contributed by atoms with van der Waals surface area (Å²) in [5.41, 5.74) is 2.59. The summed E-state index contributed by atoms with van der Waals surface area (Å²) in [6.45, 7) is 7.81. The fourth-order valence-electron chi connectivity index (χ4n) is 2.65. The molecule has 0 saturated carbocycles. The van der Waals surface area contributed by atoms with Crippen LogP contribution in [0.3, 0.4) is 0 Å². The summed E-state index contributed by atoms with van der Waals surface area (Å²) in [5, 5.41) is 9.49. The lowest BCUT2D eigenvalue weighted by Crippen LogP contribution is -2.27. The number of ether oxygens (including phenoxy) is 1. The Morgan fingerprint density at radius 3 is 2.53 bits per heavy atom. The van der Waals surface area contributed by atoms with E-state index in [9.17, 15) is 14.7 Å². The van der Waals surface area contributed by atoms with E-state index in [-0.39, 0.29) is 12.6 Å². The first kappa shape index (κ1) is 13.6. The number of carbonyl (C=O) groups is 2. The predicted octanol–water partition coefficient (Wildman–Crippen LogP) is 2.88. The van der Waals surface area contributed by atoms with Crippen molar-refractivity contribution in [2.45, 2.75) is 40.2 Å². The number of esters is 1. The second-order valence-corrected chi connectivity index (χ2v) is 6.02. The standard InChI is InChI=1S/C15H18O4/c1-8-9(12(13(16)17)15(2,3)4)5-6-10-11(8)7-19-14(10)18/h5-6,12H,7H2,1-4H3,(H,16,17). The summed E-state index contributed by atoms with van der Waals surface area (Å²) in [6.07, 6.45) is 0. The molecule has 1 N–H and O–H groups in total. The van der Waals surface area contributed by atoms with Gasteiger partial charge in [-0.25, -0.2) is 4.79 Å². The molecule has 102 valence electrons. The lowest BCUT2D eigenvalue weighted by atomic mass is 9.74. The zero-order chi connectivity index (χ0) is 14.4. The second-order valence-electron chi connectivity index (χ2n) is 6.02. The fraction of sp³-hybridized carbons (Fsp3) is 0.467. The molecule has 1 aromatic rings. The normalized spacial score (nSPS) is 15.9. The van der Waals surface area contributed by atoms with Gasteiger partial charge < -0.3 is 9.84 Å². The Morgan fingerprint density at radius 2 is 2.00 bits per heavy atom. The first-order valence-corrected chi connectivity index (χ1v) is 6.25. The van der Waals surface area contributed by atoms with Gasteiger partial charge in [0.1, 0.15) is 6.61 Å². The van der Waals surface area contributed by atoms with Crippen molar-refractivity contribution in [3.63, 3.8) is 0 Å². The largest absolute Gasteiger partial charge is 0.481 e. The minimum absolute atomic E-state index is 0.240. The zero-order valence-corrected chi connectivity index (χ0v) is 11.6. The van der Waals surface area contributed by atoms with Crippen LogP contribution in [0.25, 0.3) is 0 Å². The van der Waals surface area contributed by atoms with Crippen molar-refractivity contribution in [1.29, 1.82) is 0 Å². The maximum atomic E-state index is 11.6. The van der Waals surface area contributed by atoms with Crippen LogP contribution in [0.5, 0.6) is 0 Å². The Hall–Kier alpha value is -1.84. The molecule has 1 aliphatic heterocycles. The summed E-state index contributed by atoms with van der Waals surface area (Å²) in [7, 11) is 0. The lowest BCUT2D eigenvalue weighted by Gasteiger charge is -2.29. The van der Waals surface area contributed by atoms with Gasteiger partial charge in [0.05, 0.1) is 11.5 Å². The van der Waals surface area contributed by atoms with E-state index >= 15 is 0 Å². The number of rotatable bonds is 2. The summed E-state index contributed by atoms with van der Waals surface area (Å²) >= 11 is 0. The van der Waals surface area contributed by atoms with Crippen molar-refractivity contribution < 1.29 is 19.4 Å².